The zero-order chi connectivity index (χ0) is 13.8. The number of para-hydroxylation sites is 1. The highest BCUT2D eigenvalue weighted by atomic mass is 19.3. The molecule has 0 amide bonds. The Morgan fingerprint density at radius 2 is 1.95 bits per heavy atom. The Hall–Kier alpha value is -2.17. The highest BCUT2D eigenvalue weighted by Gasteiger charge is 2.10. The van der Waals surface area contributed by atoms with Crippen LogP contribution in [0.25, 0.3) is 0 Å². The zero-order valence-corrected chi connectivity index (χ0v) is 10.3. The van der Waals surface area contributed by atoms with Crippen molar-refractivity contribution in [3.05, 3.63) is 64.1 Å². The second-order valence-electron chi connectivity index (χ2n) is 4.11. The summed E-state index contributed by atoms with van der Waals surface area (Å²) in [6.45, 7) is -0.973. The van der Waals surface area contributed by atoms with Crippen LogP contribution in [-0.4, -0.2) is 11.2 Å². The quantitative estimate of drug-likeness (QED) is 0.851. The van der Waals surface area contributed by atoms with Crippen LogP contribution in [0.4, 0.5) is 8.78 Å². The van der Waals surface area contributed by atoms with Gasteiger partial charge in [-0.1, -0.05) is 24.3 Å². The maximum absolute atomic E-state index is 12.3. The van der Waals surface area contributed by atoms with Crippen molar-refractivity contribution in [3.63, 3.8) is 0 Å². The lowest BCUT2D eigenvalue weighted by molar-refractivity contribution is -0.0504. The maximum atomic E-state index is 12.3. The second kappa shape index (κ2) is 5.65. The van der Waals surface area contributed by atoms with E-state index < -0.39 is 6.61 Å². The van der Waals surface area contributed by atoms with Crippen molar-refractivity contribution in [3.8, 4) is 5.75 Å². The summed E-state index contributed by atoms with van der Waals surface area (Å²) in [5.74, 6) is 0.0888. The molecule has 0 atom stereocenters. The Labute approximate surface area is 109 Å². The summed E-state index contributed by atoms with van der Waals surface area (Å²) < 4.78 is 30.5. The van der Waals surface area contributed by atoms with Gasteiger partial charge in [0.1, 0.15) is 5.75 Å². The van der Waals surface area contributed by atoms with E-state index in [0.717, 1.165) is 0 Å². The van der Waals surface area contributed by atoms with Crippen molar-refractivity contribution in [2.75, 3.05) is 0 Å². The van der Waals surface area contributed by atoms with Crippen molar-refractivity contribution in [1.82, 2.24) is 4.57 Å². The number of hydrogen-bond acceptors (Lipinski definition) is 2. The average molecular weight is 265 g/mol. The molecule has 0 saturated carbocycles. The summed E-state index contributed by atoms with van der Waals surface area (Å²) >= 11 is 0. The van der Waals surface area contributed by atoms with Gasteiger partial charge in [0.05, 0.1) is 6.54 Å². The predicted molar refractivity (Wildman–Crippen MR) is 67.6 cm³/mol. The minimum absolute atomic E-state index is 0.0888. The third-order valence-electron chi connectivity index (χ3n) is 2.74. The van der Waals surface area contributed by atoms with E-state index in [0.29, 0.717) is 11.1 Å². The fraction of sp³-hybridized carbons (Fsp3) is 0.214. The van der Waals surface area contributed by atoms with Gasteiger partial charge in [-0.05, 0) is 19.1 Å². The number of alkyl halides is 2. The van der Waals surface area contributed by atoms with Crippen LogP contribution >= 0.6 is 0 Å². The van der Waals surface area contributed by atoms with Gasteiger partial charge in [0, 0.05) is 17.3 Å². The van der Waals surface area contributed by atoms with Gasteiger partial charge in [-0.25, -0.2) is 0 Å². The lowest BCUT2D eigenvalue weighted by Crippen LogP contribution is -2.22. The second-order valence-corrected chi connectivity index (χ2v) is 4.11. The third-order valence-corrected chi connectivity index (χ3v) is 2.74. The molecule has 100 valence electrons. The first-order chi connectivity index (χ1) is 9.08. The van der Waals surface area contributed by atoms with E-state index in [9.17, 15) is 13.6 Å². The molecule has 0 radical (unpaired) electrons. The first-order valence-corrected chi connectivity index (χ1v) is 5.76. The van der Waals surface area contributed by atoms with Crippen LogP contribution in [0.2, 0.25) is 0 Å². The van der Waals surface area contributed by atoms with Gasteiger partial charge in [0.2, 0.25) is 0 Å². The number of nitrogens with zero attached hydrogens (tertiary/aromatic N) is 1. The van der Waals surface area contributed by atoms with Gasteiger partial charge < -0.3 is 9.30 Å². The molecule has 0 spiro atoms. The fourth-order valence-corrected chi connectivity index (χ4v) is 1.81. The highest BCUT2D eigenvalue weighted by Crippen LogP contribution is 2.20. The minimum atomic E-state index is -2.88. The standard InChI is InChI=1S/C14H13F2NO2/c1-10-5-4-8-17(13(10)18)9-11-6-2-3-7-12(11)19-14(15)16/h2-8,14H,9H2,1H3. The molecule has 0 N–H and O–H groups in total. The number of hydrogen-bond donors (Lipinski definition) is 0. The van der Waals surface area contributed by atoms with Gasteiger partial charge in [-0.15, -0.1) is 0 Å². The van der Waals surface area contributed by atoms with Crippen LogP contribution < -0.4 is 10.3 Å². The molecule has 3 nitrogen and oxygen atoms in total. The zero-order valence-electron chi connectivity index (χ0n) is 10.3. The van der Waals surface area contributed by atoms with Crippen molar-refractivity contribution in [1.29, 1.82) is 0 Å². The fourth-order valence-electron chi connectivity index (χ4n) is 1.81. The largest absolute Gasteiger partial charge is 0.434 e. The minimum Gasteiger partial charge on any atom is -0.434 e. The van der Waals surface area contributed by atoms with Gasteiger partial charge in [0.15, 0.2) is 0 Å². The molecule has 1 heterocycles. The van der Waals surface area contributed by atoms with E-state index in [1.54, 1.807) is 43.5 Å². The van der Waals surface area contributed by atoms with E-state index in [1.807, 2.05) is 0 Å². The number of ether oxygens (including phenoxy) is 1. The summed E-state index contributed by atoms with van der Waals surface area (Å²) in [6, 6.07) is 9.90. The van der Waals surface area contributed by atoms with Crippen molar-refractivity contribution >= 4 is 0 Å². The van der Waals surface area contributed by atoms with E-state index in [-0.39, 0.29) is 17.9 Å². The molecule has 1 aromatic carbocycles. The Morgan fingerprint density at radius 1 is 1.21 bits per heavy atom. The SMILES string of the molecule is Cc1cccn(Cc2ccccc2OC(F)F)c1=O. The van der Waals surface area contributed by atoms with Crippen LogP contribution in [0.5, 0.6) is 5.75 Å². The van der Waals surface area contributed by atoms with E-state index in [4.69, 9.17) is 0 Å². The van der Waals surface area contributed by atoms with E-state index >= 15 is 0 Å². The molecule has 1 aromatic heterocycles. The van der Waals surface area contributed by atoms with Crippen molar-refractivity contribution in [2.24, 2.45) is 0 Å². The monoisotopic (exact) mass is 265 g/mol. The Bertz CT molecular complexity index is 623. The number of rotatable bonds is 4. The molecular weight excluding hydrogens is 252 g/mol. The summed E-state index contributed by atoms with van der Waals surface area (Å²) in [6.07, 6.45) is 1.62. The van der Waals surface area contributed by atoms with Crippen LogP contribution in [0.1, 0.15) is 11.1 Å². The predicted octanol–water partition coefficient (Wildman–Crippen LogP) is 2.81. The van der Waals surface area contributed by atoms with Gasteiger partial charge in [0.25, 0.3) is 5.56 Å². The molecule has 2 aromatic rings. The Kier molecular flexibility index (Phi) is 3.94. The van der Waals surface area contributed by atoms with Gasteiger partial charge in [-0.3, -0.25) is 4.79 Å². The molecule has 5 heteroatoms. The van der Waals surface area contributed by atoms with Crippen LogP contribution in [0, 0.1) is 6.92 Å². The highest BCUT2D eigenvalue weighted by molar-refractivity contribution is 5.33. The number of benzene rings is 1. The van der Waals surface area contributed by atoms with Gasteiger partial charge in [-0.2, -0.15) is 8.78 Å². The Balaban J connectivity index is 2.33. The van der Waals surface area contributed by atoms with Crippen LogP contribution in [0.3, 0.4) is 0 Å². The molecule has 0 aliphatic carbocycles. The molecule has 0 saturated heterocycles. The summed E-state index contributed by atoms with van der Waals surface area (Å²) in [4.78, 5) is 11.9. The average Bonchev–Trinajstić information content (AvgIpc) is 2.36. The molecule has 0 unspecified atom stereocenters. The molecule has 0 fully saturated rings. The molecule has 0 bridgehead atoms. The van der Waals surface area contributed by atoms with Crippen LogP contribution in [-0.2, 0) is 6.54 Å². The number of aryl methyl sites for hydroxylation is 1. The van der Waals surface area contributed by atoms with E-state index in [2.05, 4.69) is 4.74 Å². The Morgan fingerprint density at radius 3 is 2.68 bits per heavy atom. The molecule has 0 aliphatic rings. The normalized spacial score (nSPS) is 10.7. The summed E-state index contributed by atoms with van der Waals surface area (Å²) in [7, 11) is 0. The first kappa shape index (κ1) is 13.3. The number of halogens is 2. The first-order valence-electron chi connectivity index (χ1n) is 5.76. The summed E-state index contributed by atoms with van der Waals surface area (Å²) in [5.41, 5.74) is 1.000. The maximum Gasteiger partial charge on any atom is 0.387 e. The van der Waals surface area contributed by atoms with Crippen molar-refractivity contribution in [2.45, 2.75) is 20.1 Å². The number of aromatic nitrogens is 1. The van der Waals surface area contributed by atoms with Gasteiger partial charge >= 0.3 is 6.61 Å². The lowest BCUT2D eigenvalue weighted by Gasteiger charge is -2.12. The lowest BCUT2D eigenvalue weighted by atomic mass is 10.2. The topological polar surface area (TPSA) is 31.2 Å². The smallest absolute Gasteiger partial charge is 0.387 e. The van der Waals surface area contributed by atoms with Crippen molar-refractivity contribution < 1.29 is 13.5 Å². The third kappa shape index (κ3) is 3.19. The molecular formula is C14H13F2NO2. The molecule has 19 heavy (non-hydrogen) atoms. The molecule has 2 rings (SSSR count). The molecule has 0 aliphatic heterocycles. The van der Waals surface area contributed by atoms with Crippen LogP contribution in [0.15, 0.2) is 47.4 Å². The number of pyridine rings is 1. The van der Waals surface area contributed by atoms with E-state index in [1.165, 1.54) is 10.6 Å². The summed E-state index contributed by atoms with van der Waals surface area (Å²) in [5, 5.41) is 0.